The summed E-state index contributed by atoms with van der Waals surface area (Å²) in [5, 5.41) is 3.18. The van der Waals surface area contributed by atoms with Gasteiger partial charge in [-0.1, -0.05) is 18.2 Å². The van der Waals surface area contributed by atoms with Crippen LogP contribution in [0, 0.1) is 13.8 Å². The van der Waals surface area contributed by atoms with E-state index < -0.39 is 0 Å². The largest absolute Gasteiger partial charge is 0.459 e. The second kappa shape index (κ2) is 4.76. The molecule has 2 aromatic rings. The van der Waals surface area contributed by atoms with Crippen LogP contribution < -0.4 is 5.32 Å². The van der Waals surface area contributed by atoms with Crippen LogP contribution in [-0.4, -0.2) is 7.05 Å². The highest BCUT2D eigenvalue weighted by Gasteiger charge is 2.11. The molecule has 0 amide bonds. The van der Waals surface area contributed by atoms with Crippen molar-refractivity contribution in [2.45, 2.75) is 26.8 Å². The van der Waals surface area contributed by atoms with Gasteiger partial charge in [-0.25, -0.2) is 0 Å². The highest BCUT2D eigenvalue weighted by atomic mass is 16.3. The molecule has 1 N–H and O–H groups in total. The number of nitrogens with one attached hydrogen (secondary N) is 1. The summed E-state index contributed by atoms with van der Waals surface area (Å²) in [6.45, 7) is 6.35. The van der Waals surface area contributed by atoms with Gasteiger partial charge in [0.2, 0.25) is 0 Å². The molecule has 1 aromatic heterocycles. The third-order valence-corrected chi connectivity index (χ3v) is 3.36. The van der Waals surface area contributed by atoms with Gasteiger partial charge in [-0.15, -0.1) is 0 Å². The highest BCUT2D eigenvalue weighted by Crippen LogP contribution is 2.28. The van der Waals surface area contributed by atoms with Crippen LogP contribution in [-0.2, 0) is 0 Å². The first-order chi connectivity index (χ1) is 8.13. The van der Waals surface area contributed by atoms with Crippen molar-refractivity contribution in [1.29, 1.82) is 0 Å². The molecule has 1 aromatic carbocycles. The average molecular weight is 229 g/mol. The van der Waals surface area contributed by atoms with Crippen molar-refractivity contribution in [3.05, 3.63) is 47.2 Å². The molecule has 0 spiro atoms. The van der Waals surface area contributed by atoms with E-state index in [4.69, 9.17) is 4.42 Å². The first kappa shape index (κ1) is 11.9. The van der Waals surface area contributed by atoms with E-state index in [0.29, 0.717) is 0 Å². The quantitative estimate of drug-likeness (QED) is 0.865. The predicted molar refractivity (Wildman–Crippen MR) is 71.1 cm³/mol. The van der Waals surface area contributed by atoms with Crippen LogP contribution in [0.2, 0.25) is 0 Å². The summed E-state index contributed by atoms with van der Waals surface area (Å²) in [5.74, 6) is 1.92. The molecule has 90 valence electrons. The molecule has 0 aliphatic heterocycles. The number of furan rings is 1. The summed E-state index contributed by atoms with van der Waals surface area (Å²) in [7, 11) is 1.94. The van der Waals surface area contributed by atoms with Gasteiger partial charge in [-0.05, 0) is 51.1 Å². The number of aryl methyl sites for hydroxylation is 1. The smallest absolute Gasteiger partial charge is 0.134 e. The maximum absolute atomic E-state index is 5.90. The van der Waals surface area contributed by atoms with Crippen LogP contribution in [0.5, 0.6) is 0 Å². The fourth-order valence-electron chi connectivity index (χ4n) is 1.89. The van der Waals surface area contributed by atoms with Crippen LogP contribution in [0.25, 0.3) is 11.3 Å². The van der Waals surface area contributed by atoms with Crippen LogP contribution in [0.3, 0.4) is 0 Å². The Kier molecular flexibility index (Phi) is 3.34. The minimum atomic E-state index is 0.244. The minimum Gasteiger partial charge on any atom is -0.459 e. The van der Waals surface area contributed by atoms with Gasteiger partial charge < -0.3 is 9.73 Å². The van der Waals surface area contributed by atoms with Crippen LogP contribution in [0.15, 0.2) is 34.7 Å². The third-order valence-electron chi connectivity index (χ3n) is 3.36. The van der Waals surface area contributed by atoms with Gasteiger partial charge in [0.1, 0.15) is 11.5 Å². The maximum Gasteiger partial charge on any atom is 0.134 e. The molecule has 2 rings (SSSR count). The van der Waals surface area contributed by atoms with Crippen molar-refractivity contribution in [2.24, 2.45) is 0 Å². The van der Waals surface area contributed by atoms with Gasteiger partial charge in [0.05, 0.1) is 6.04 Å². The summed E-state index contributed by atoms with van der Waals surface area (Å²) >= 11 is 0. The molecule has 0 fully saturated rings. The molecule has 1 atom stereocenters. The van der Waals surface area contributed by atoms with E-state index in [-0.39, 0.29) is 6.04 Å². The normalized spacial score (nSPS) is 12.7. The maximum atomic E-state index is 5.90. The van der Waals surface area contributed by atoms with Crippen LogP contribution >= 0.6 is 0 Å². The van der Waals surface area contributed by atoms with E-state index in [2.05, 4.69) is 44.3 Å². The molecule has 1 heterocycles. The fraction of sp³-hybridized carbons (Fsp3) is 0.333. The van der Waals surface area contributed by atoms with Crippen molar-refractivity contribution in [1.82, 2.24) is 5.32 Å². The third kappa shape index (κ3) is 2.27. The molecule has 0 aliphatic carbocycles. The van der Waals surface area contributed by atoms with E-state index in [1.807, 2.05) is 19.2 Å². The van der Waals surface area contributed by atoms with Crippen LogP contribution in [0.4, 0.5) is 0 Å². The van der Waals surface area contributed by atoms with Gasteiger partial charge in [-0.2, -0.15) is 0 Å². The molecule has 17 heavy (non-hydrogen) atoms. The summed E-state index contributed by atoms with van der Waals surface area (Å²) in [6.07, 6.45) is 0. The Labute approximate surface area is 103 Å². The topological polar surface area (TPSA) is 25.2 Å². The Morgan fingerprint density at radius 2 is 1.88 bits per heavy atom. The van der Waals surface area contributed by atoms with Gasteiger partial charge in [0, 0.05) is 5.56 Å². The minimum absolute atomic E-state index is 0.244. The van der Waals surface area contributed by atoms with Crippen molar-refractivity contribution >= 4 is 0 Å². The molecule has 0 radical (unpaired) electrons. The monoisotopic (exact) mass is 229 g/mol. The molecule has 2 heteroatoms. The number of hydrogen-bond acceptors (Lipinski definition) is 2. The Morgan fingerprint density at radius 1 is 1.12 bits per heavy atom. The second-order valence-electron chi connectivity index (χ2n) is 4.46. The Hall–Kier alpha value is -1.54. The lowest BCUT2D eigenvalue weighted by molar-refractivity contribution is 0.458. The van der Waals surface area contributed by atoms with Gasteiger partial charge in [-0.3, -0.25) is 0 Å². The van der Waals surface area contributed by atoms with E-state index in [9.17, 15) is 0 Å². The standard InChI is InChI=1S/C15H19NO/c1-10-6-5-7-13(11(10)2)15-9-8-14(17-15)12(3)16-4/h5-9,12,16H,1-4H3. The summed E-state index contributed by atoms with van der Waals surface area (Å²) in [6, 6.07) is 10.6. The second-order valence-corrected chi connectivity index (χ2v) is 4.46. The van der Waals surface area contributed by atoms with Gasteiger partial charge >= 0.3 is 0 Å². The van der Waals surface area contributed by atoms with Crippen molar-refractivity contribution < 1.29 is 4.42 Å². The van der Waals surface area contributed by atoms with Crippen molar-refractivity contribution in [3.8, 4) is 11.3 Å². The van der Waals surface area contributed by atoms with Crippen LogP contribution in [0.1, 0.15) is 29.9 Å². The summed E-state index contributed by atoms with van der Waals surface area (Å²) < 4.78 is 5.90. The Morgan fingerprint density at radius 3 is 2.59 bits per heavy atom. The number of rotatable bonds is 3. The molecule has 1 unspecified atom stereocenters. The molecular formula is C15H19NO. The summed E-state index contributed by atoms with van der Waals surface area (Å²) in [4.78, 5) is 0. The molecule has 0 saturated heterocycles. The molecule has 0 saturated carbocycles. The van der Waals surface area contributed by atoms with E-state index in [1.54, 1.807) is 0 Å². The SMILES string of the molecule is CNC(C)c1ccc(-c2cccc(C)c2C)o1. The zero-order valence-electron chi connectivity index (χ0n) is 10.9. The lowest BCUT2D eigenvalue weighted by atomic mass is 10.0. The molecule has 0 bridgehead atoms. The fourth-order valence-corrected chi connectivity index (χ4v) is 1.89. The highest BCUT2D eigenvalue weighted by molar-refractivity contribution is 5.63. The van der Waals surface area contributed by atoms with Gasteiger partial charge in [0.15, 0.2) is 0 Å². The molecular weight excluding hydrogens is 210 g/mol. The summed E-state index contributed by atoms with van der Waals surface area (Å²) in [5.41, 5.74) is 3.76. The van der Waals surface area contributed by atoms with Gasteiger partial charge in [0.25, 0.3) is 0 Å². The number of hydrogen-bond donors (Lipinski definition) is 1. The zero-order valence-corrected chi connectivity index (χ0v) is 10.9. The first-order valence-electron chi connectivity index (χ1n) is 5.97. The zero-order chi connectivity index (χ0) is 12.4. The van der Waals surface area contributed by atoms with Crippen molar-refractivity contribution in [3.63, 3.8) is 0 Å². The van der Waals surface area contributed by atoms with E-state index in [1.165, 1.54) is 16.7 Å². The Balaban J connectivity index is 2.40. The predicted octanol–water partition coefficient (Wildman–Crippen LogP) is 3.84. The van der Waals surface area contributed by atoms with E-state index >= 15 is 0 Å². The lowest BCUT2D eigenvalue weighted by Gasteiger charge is -2.07. The molecule has 2 nitrogen and oxygen atoms in total. The lowest BCUT2D eigenvalue weighted by Crippen LogP contribution is -2.11. The average Bonchev–Trinajstić information content (AvgIpc) is 2.81. The Bertz CT molecular complexity index is 513. The van der Waals surface area contributed by atoms with E-state index in [0.717, 1.165) is 11.5 Å². The molecule has 0 aliphatic rings. The number of benzene rings is 1. The first-order valence-corrected chi connectivity index (χ1v) is 5.97. The van der Waals surface area contributed by atoms with Crippen molar-refractivity contribution in [2.75, 3.05) is 7.05 Å².